The van der Waals surface area contributed by atoms with Crippen LogP contribution in [0.4, 0.5) is 13.2 Å². The Morgan fingerprint density at radius 2 is 2.12 bits per heavy atom. The molecule has 0 spiro atoms. The fourth-order valence-corrected chi connectivity index (χ4v) is 2.71. The lowest BCUT2D eigenvalue weighted by Gasteiger charge is -2.25. The minimum atomic E-state index is -4.78. The van der Waals surface area contributed by atoms with E-state index in [4.69, 9.17) is 0 Å². The lowest BCUT2D eigenvalue weighted by atomic mass is 10.0. The van der Waals surface area contributed by atoms with E-state index in [2.05, 4.69) is 5.10 Å². The Morgan fingerprint density at radius 3 is 2.75 bits per heavy atom. The van der Waals surface area contributed by atoms with Crippen molar-refractivity contribution in [2.75, 3.05) is 13.1 Å². The Kier molecular flexibility index (Phi) is 3.86. The number of carbonyl (C=O) groups is 1. The van der Waals surface area contributed by atoms with Crippen molar-refractivity contribution < 1.29 is 23.1 Å². The van der Waals surface area contributed by atoms with Gasteiger partial charge in [-0.3, -0.25) is 9.20 Å². The largest absolute Gasteiger partial charge is 0.419 e. The summed E-state index contributed by atoms with van der Waals surface area (Å²) in [5.41, 5.74) is -2.86. The van der Waals surface area contributed by atoms with Crippen LogP contribution in [-0.2, 0) is 11.3 Å². The van der Waals surface area contributed by atoms with Gasteiger partial charge < -0.3 is 10.0 Å². The van der Waals surface area contributed by atoms with Crippen LogP contribution < -0.4 is 5.69 Å². The van der Waals surface area contributed by atoms with Gasteiger partial charge in [-0.2, -0.15) is 13.2 Å². The van der Waals surface area contributed by atoms with Gasteiger partial charge in [0.15, 0.2) is 11.2 Å². The number of pyridine rings is 1. The van der Waals surface area contributed by atoms with E-state index >= 15 is 0 Å². The molecule has 1 aliphatic heterocycles. The van der Waals surface area contributed by atoms with Crippen LogP contribution in [0.3, 0.4) is 0 Å². The number of amides is 1. The van der Waals surface area contributed by atoms with E-state index in [1.165, 1.54) is 10.6 Å². The average molecular weight is 344 g/mol. The van der Waals surface area contributed by atoms with Crippen molar-refractivity contribution in [2.24, 2.45) is 0 Å². The summed E-state index contributed by atoms with van der Waals surface area (Å²) in [5.74, 6) is -0.556. The highest BCUT2D eigenvalue weighted by atomic mass is 19.4. The molecule has 24 heavy (non-hydrogen) atoms. The number of hydrogen-bond acceptors (Lipinski definition) is 4. The third-order valence-corrected chi connectivity index (χ3v) is 4.15. The Morgan fingerprint density at radius 1 is 1.38 bits per heavy atom. The summed E-state index contributed by atoms with van der Waals surface area (Å²) in [6, 6.07) is 5.00. The Balaban J connectivity index is 1.66. The van der Waals surface area contributed by atoms with Crippen molar-refractivity contribution >= 4 is 11.6 Å². The molecule has 3 heterocycles. The van der Waals surface area contributed by atoms with Crippen molar-refractivity contribution in [2.45, 2.75) is 31.2 Å². The number of halogens is 3. The predicted octanol–water partition coefficient (Wildman–Crippen LogP) is 0.412. The number of aromatic nitrogens is 3. The van der Waals surface area contributed by atoms with Gasteiger partial charge >= 0.3 is 11.9 Å². The van der Waals surface area contributed by atoms with Crippen molar-refractivity contribution in [3.63, 3.8) is 0 Å². The number of rotatable bonds is 3. The van der Waals surface area contributed by atoms with E-state index in [0.717, 1.165) is 9.58 Å². The first-order valence-electron chi connectivity index (χ1n) is 7.32. The number of nitrogens with zero attached hydrogens (tertiary/aromatic N) is 4. The Labute approximate surface area is 133 Å². The van der Waals surface area contributed by atoms with Crippen molar-refractivity contribution in [3.05, 3.63) is 34.9 Å². The van der Waals surface area contributed by atoms with E-state index in [9.17, 15) is 27.9 Å². The molecule has 3 rings (SSSR count). The van der Waals surface area contributed by atoms with Crippen LogP contribution in [-0.4, -0.2) is 55.0 Å². The van der Waals surface area contributed by atoms with Crippen LogP contribution in [0.25, 0.3) is 5.65 Å². The quantitative estimate of drug-likeness (QED) is 0.875. The Hall–Kier alpha value is -2.36. The molecule has 0 bridgehead atoms. The highest BCUT2D eigenvalue weighted by Crippen LogP contribution is 2.37. The molecule has 0 aliphatic carbocycles. The van der Waals surface area contributed by atoms with Gasteiger partial charge in [-0.15, -0.1) is 5.10 Å². The SMILES string of the molecule is O=C(CCn1nc2ccccn2c1=O)N1CC[C@@](O)(C(F)(F)F)C1. The van der Waals surface area contributed by atoms with Gasteiger partial charge in [0.05, 0.1) is 13.1 Å². The zero-order valence-corrected chi connectivity index (χ0v) is 12.5. The maximum atomic E-state index is 12.8. The molecule has 1 N–H and O–H groups in total. The second-order valence-corrected chi connectivity index (χ2v) is 5.78. The zero-order chi connectivity index (χ0) is 17.5. The van der Waals surface area contributed by atoms with Crippen LogP contribution in [0.5, 0.6) is 0 Å². The van der Waals surface area contributed by atoms with E-state index in [1.54, 1.807) is 18.2 Å². The monoisotopic (exact) mass is 344 g/mol. The van der Waals surface area contributed by atoms with E-state index in [1.807, 2.05) is 0 Å². The first kappa shape index (κ1) is 16.5. The third-order valence-electron chi connectivity index (χ3n) is 4.15. The smallest absolute Gasteiger partial charge is 0.379 e. The summed E-state index contributed by atoms with van der Waals surface area (Å²) in [6.45, 7) is -0.995. The van der Waals surface area contributed by atoms with Crippen LogP contribution in [0.1, 0.15) is 12.8 Å². The van der Waals surface area contributed by atoms with Gasteiger partial charge in [-0.25, -0.2) is 9.48 Å². The van der Waals surface area contributed by atoms with Gasteiger partial charge in [0, 0.05) is 25.6 Å². The van der Waals surface area contributed by atoms with E-state index < -0.39 is 36.3 Å². The van der Waals surface area contributed by atoms with E-state index in [-0.39, 0.29) is 19.5 Å². The topological polar surface area (TPSA) is 79.8 Å². The molecule has 2 aromatic rings. The normalized spacial score (nSPS) is 21.6. The summed E-state index contributed by atoms with van der Waals surface area (Å²) in [4.78, 5) is 25.1. The fraction of sp³-hybridized carbons (Fsp3) is 0.500. The summed E-state index contributed by atoms with van der Waals surface area (Å²) in [6.07, 6.45) is -3.96. The summed E-state index contributed by atoms with van der Waals surface area (Å²) in [7, 11) is 0. The molecule has 10 heteroatoms. The number of β-amino-alcohol motifs (C(OH)–C–C–N with tert-alkyl or cyclic N) is 1. The molecule has 0 unspecified atom stereocenters. The standard InChI is InChI=1S/C14H15F3N4O3/c15-14(16,17)13(24)5-8-19(9-13)11(22)4-7-21-12(23)20-6-2-1-3-10(20)18-21/h1-3,6,24H,4-5,7-9H2/t13-/m0/s1. The molecule has 1 aliphatic rings. The van der Waals surface area contributed by atoms with Crippen LogP contribution >= 0.6 is 0 Å². The third kappa shape index (κ3) is 2.77. The second-order valence-electron chi connectivity index (χ2n) is 5.78. The van der Waals surface area contributed by atoms with Crippen LogP contribution in [0.15, 0.2) is 29.2 Å². The van der Waals surface area contributed by atoms with Crippen molar-refractivity contribution in [3.8, 4) is 0 Å². The molecule has 1 saturated heterocycles. The van der Waals surface area contributed by atoms with Crippen LogP contribution in [0.2, 0.25) is 0 Å². The first-order valence-corrected chi connectivity index (χ1v) is 7.32. The molecule has 1 atom stereocenters. The molecule has 130 valence electrons. The predicted molar refractivity (Wildman–Crippen MR) is 76.3 cm³/mol. The summed E-state index contributed by atoms with van der Waals surface area (Å²) in [5, 5.41) is 13.6. The molecule has 1 amide bonds. The number of carbonyl (C=O) groups excluding carboxylic acids is 1. The molecule has 0 radical (unpaired) electrons. The Bertz CT molecular complexity index is 829. The van der Waals surface area contributed by atoms with Gasteiger partial charge in [-0.05, 0) is 12.1 Å². The summed E-state index contributed by atoms with van der Waals surface area (Å²) >= 11 is 0. The molecular weight excluding hydrogens is 329 g/mol. The number of aliphatic hydroxyl groups is 1. The number of alkyl halides is 3. The minimum Gasteiger partial charge on any atom is -0.379 e. The van der Waals surface area contributed by atoms with Crippen molar-refractivity contribution in [1.82, 2.24) is 19.1 Å². The lowest BCUT2D eigenvalue weighted by Crippen LogP contribution is -2.48. The average Bonchev–Trinajstić information content (AvgIpc) is 3.07. The molecule has 1 fully saturated rings. The summed E-state index contributed by atoms with van der Waals surface area (Å²) < 4.78 is 40.7. The molecular formula is C14H15F3N4O3. The molecule has 0 aromatic carbocycles. The number of aryl methyl sites for hydroxylation is 1. The first-order chi connectivity index (χ1) is 11.2. The number of fused-ring (bicyclic) bond motifs is 1. The fourth-order valence-electron chi connectivity index (χ4n) is 2.71. The minimum absolute atomic E-state index is 0.0414. The zero-order valence-electron chi connectivity index (χ0n) is 12.5. The van der Waals surface area contributed by atoms with Gasteiger partial charge in [0.25, 0.3) is 0 Å². The molecule has 2 aromatic heterocycles. The van der Waals surface area contributed by atoms with E-state index in [0.29, 0.717) is 5.65 Å². The van der Waals surface area contributed by atoms with Gasteiger partial charge in [-0.1, -0.05) is 6.07 Å². The lowest BCUT2D eigenvalue weighted by molar-refractivity contribution is -0.253. The maximum absolute atomic E-state index is 12.8. The molecule has 7 nitrogen and oxygen atoms in total. The number of hydrogen-bond donors (Lipinski definition) is 1. The second kappa shape index (κ2) is 5.62. The van der Waals surface area contributed by atoms with Crippen molar-refractivity contribution in [1.29, 1.82) is 0 Å². The number of likely N-dealkylation sites (tertiary alicyclic amines) is 1. The molecule has 0 saturated carbocycles. The van der Waals surface area contributed by atoms with Crippen LogP contribution in [0, 0.1) is 0 Å². The maximum Gasteiger partial charge on any atom is 0.419 e. The highest BCUT2D eigenvalue weighted by Gasteiger charge is 2.57. The van der Waals surface area contributed by atoms with Gasteiger partial charge in [0.2, 0.25) is 5.91 Å². The highest BCUT2D eigenvalue weighted by molar-refractivity contribution is 5.76. The van der Waals surface area contributed by atoms with Gasteiger partial charge in [0.1, 0.15) is 0 Å².